The Morgan fingerprint density at radius 2 is 1.62 bits per heavy atom. The highest BCUT2D eigenvalue weighted by atomic mass is 32.2. The Labute approximate surface area is 171 Å². The Morgan fingerprint density at radius 3 is 2.41 bits per heavy atom. The third-order valence-corrected chi connectivity index (χ3v) is 5.65. The lowest BCUT2D eigenvalue weighted by Crippen LogP contribution is -2.28. The molecule has 1 fully saturated rings. The highest BCUT2D eigenvalue weighted by molar-refractivity contribution is 8.00. The van der Waals surface area contributed by atoms with Crippen LogP contribution in [0.1, 0.15) is 10.9 Å². The average Bonchev–Trinajstić information content (AvgIpc) is 3.10. The molecule has 0 saturated carbocycles. The first-order valence-electron chi connectivity index (χ1n) is 9.03. The van der Waals surface area contributed by atoms with Crippen molar-refractivity contribution in [1.82, 2.24) is 0 Å². The van der Waals surface area contributed by atoms with Gasteiger partial charge in [-0.1, -0.05) is 42.5 Å². The van der Waals surface area contributed by atoms with E-state index in [0.717, 1.165) is 5.56 Å². The Hall–Kier alpha value is -3.32. The summed E-state index contributed by atoms with van der Waals surface area (Å²) in [6.45, 7) is 0. The zero-order valence-electron chi connectivity index (χ0n) is 15.3. The van der Waals surface area contributed by atoms with Gasteiger partial charge in [0.2, 0.25) is 5.91 Å². The summed E-state index contributed by atoms with van der Waals surface area (Å²) in [4.78, 5) is 26.2. The van der Waals surface area contributed by atoms with Crippen molar-refractivity contribution in [3.8, 4) is 0 Å². The van der Waals surface area contributed by atoms with Gasteiger partial charge in [-0.25, -0.2) is 9.18 Å². The number of urea groups is 1. The molecule has 1 saturated heterocycles. The van der Waals surface area contributed by atoms with E-state index in [9.17, 15) is 14.0 Å². The molecule has 1 heterocycles. The SMILES string of the molecule is O=C(Nc1ccccc1)Nc1cccc(C2SCC(=O)N2c2ccccc2F)c1. The molecule has 2 N–H and O–H groups in total. The number of hydrogen-bond acceptors (Lipinski definition) is 3. The molecule has 0 aromatic heterocycles. The van der Waals surface area contributed by atoms with E-state index in [1.54, 1.807) is 48.5 Å². The highest BCUT2D eigenvalue weighted by Crippen LogP contribution is 2.42. The molecule has 29 heavy (non-hydrogen) atoms. The zero-order valence-corrected chi connectivity index (χ0v) is 16.2. The molecule has 1 atom stereocenters. The normalized spacial score (nSPS) is 16.0. The molecular weight excluding hydrogens is 389 g/mol. The summed E-state index contributed by atoms with van der Waals surface area (Å²) in [6.07, 6.45) is 0. The van der Waals surface area contributed by atoms with E-state index >= 15 is 0 Å². The van der Waals surface area contributed by atoms with Crippen molar-refractivity contribution in [2.45, 2.75) is 5.37 Å². The van der Waals surface area contributed by atoms with Crippen LogP contribution in [0.5, 0.6) is 0 Å². The van der Waals surface area contributed by atoms with E-state index in [4.69, 9.17) is 0 Å². The van der Waals surface area contributed by atoms with Crippen LogP contribution in [0.4, 0.5) is 26.2 Å². The maximum Gasteiger partial charge on any atom is 0.323 e. The molecule has 3 aromatic rings. The van der Waals surface area contributed by atoms with Crippen LogP contribution >= 0.6 is 11.8 Å². The highest BCUT2D eigenvalue weighted by Gasteiger charge is 2.35. The van der Waals surface area contributed by atoms with Crippen molar-refractivity contribution in [2.24, 2.45) is 0 Å². The number of nitrogens with one attached hydrogen (secondary N) is 2. The van der Waals surface area contributed by atoms with Crippen molar-refractivity contribution in [3.63, 3.8) is 0 Å². The average molecular weight is 407 g/mol. The van der Waals surface area contributed by atoms with Gasteiger partial charge in [0.1, 0.15) is 11.2 Å². The van der Waals surface area contributed by atoms with Crippen LogP contribution in [0.25, 0.3) is 0 Å². The first-order chi connectivity index (χ1) is 14.1. The lowest BCUT2D eigenvalue weighted by molar-refractivity contribution is -0.115. The van der Waals surface area contributed by atoms with Crippen molar-refractivity contribution >= 4 is 40.8 Å². The number of nitrogens with zero attached hydrogens (tertiary/aromatic N) is 1. The van der Waals surface area contributed by atoms with Gasteiger partial charge < -0.3 is 10.6 Å². The number of carbonyl (C=O) groups excluding carboxylic acids is 2. The standard InChI is InChI=1S/C22H18FN3O2S/c23-18-11-4-5-12-19(18)26-20(27)14-29-21(26)15-7-6-10-17(13-15)25-22(28)24-16-8-2-1-3-9-16/h1-13,21H,14H2,(H2,24,25,28). The van der Waals surface area contributed by atoms with Crippen LogP contribution < -0.4 is 15.5 Å². The number of para-hydroxylation sites is 2. The summed E-state index contributed by atoms with van der Waals surface area (Å²) in [5, 5.41) is 5.19. The van der Waals surface area contributed by atoms with E-state index in [-0.39, 0.29) is 28.8 Å². The summed E-state index contributed by atoms with van der Waals surface area (Å²) in [7, 11) is 0. The predicted octanol–water partition coefficient (Wildman–Crippen LogP) is 5.25. The molecule has 3 aromatic carbocycles. The topological polar surface area (TPSA) is 61.4 Å². The van der Waals surface area contributed by atoms with E-state index in [2.05, 4.69) is 10.6 Å². The van der Waals surface area contributed by atoms with Crippen molar-refractivity contribution in [2.75, 3.05) is 21.3 Å². The molecule has 1 aliphatic heterocycles. The first-order valence-corrected chi connectivity index (χ1v) is 10.1. The van der Waals surface area contributed by atoms with Crippen LogP contribution in [0.15, 0.2) is 78.9 Å². The smallest absolute Gasteiger partial charge is 0.308 e. The van der Waals surface area contributed by atoms with Gasteiger partial charge in [0, 0.05) is 11.4 Å². The molecule has 1 aliphatic rings. The largest absolute Gasteiger partial charge is 0.323 e. The molecule has 0 spiro atoms. The summed E-state index contributed by atoms with van der Waals surface area (Å²) in [6, 6.07) is 22.2. The molecule has 5 nitrogen and oxygen atoms in total. The Bertz CT molecular complexity index is 1040. The Kier molecular flexibility index (Phi) is 5.48. The van der Waals surface area contributed by atoms with Crippen LogP contribution in [-0.4, -0.2) is 17.7 Å². The number of halogens is 1. The molecule has 4 rings (SSSR count). The van der Waals surface area contributed by atoms with Gasteiger partial charge in [0.15, 0.2) is 0 Å². The molecule has 0 aliphatic carbocycles. The molecule has 7 heteroatoms. The van der Waals surface area contributed by atoms with E-state index in [1.807, 2.05) is 24.3 Å². The third-order valence-electron chi connectivity index (χ3n) is 4.44. The maximum atomic E-state index is 14.3. The lowest BCUT2D eigenvalue weighted by Gasteiger charge is -2.25. The van der Waals surface area contributed by atoms with Gasteiger partial charge in [-0.15, -0.1) is 11.8 Å². The minimum atomic E-state index is -0.440. The molecule has 0 bridgehead atoms. The van der Waals surface area contributed by atoms with Gasteiger partial charge in [-0.05, 0) is 42.0 Å². The van der Waals surface area contributed by atoms with E-state index in [1.165, 1.54) is 22.7 Å². The molecule has 146 valence electrons. The summed E-state index contributed by atoms with van der Waals surface area (Å²) < 4.78 is 14.3. The summed E-state index contributed by atoms with van der Waals surface area (Å²) >= 11 is 1.43. The predicted molar refractivity (Wildman–Crippen MR) is 115 cm³/mol. The maximum absolute atomic E-state index is 14.3. The Morgan fingerprint density at radius 1 is 0.931 bits per heavy atom. The summed E-state index contributed by atoms with van der Waals surface area (Å²) in [5.41, 5.74) is 2.34. The number of anilines is 3. The third kappa shape index (κ3) is 4.25. The lowest BCUT2D eigenvalue weighted by atomic mass is 10.1. The van der Waals surface area contributed by atoms with E-state index < -0.39 is 5.82 Å². The van der Waals surface area contributed by atoms with Crippen LogP contribution in [0.3, 0.4) is 0 Å². The fraction of sp³-hybridized carbons (Fsp3) is 0.0909. The van der Waals surface area contributed by atoms with Gasteiger partial charge in [0.05, 0.1) is 11.4 Å². The second-order valence-corrected chi connectivity index (χ2v) is 7.52. The number of amides is 3. The number of thioether (sulfide) groups is 1. The number of carbonyl (C=O) groups is 2. The molecular formula is C22H18FN3O2S. The minimum Gasteiger partial charge on any atom is -0.308 e. The van der Waals surface area contributed by atoms with Crippen LogP contribution in [0, 0.1) is 5.82 Å². The first kappa shape index (κ1) is 19.0. The Balaban J connectivity index is 1.54. The molecule has 3 amide bonds. The van der Waals surface area contributed by atoms with Crippen LogP contribution in [0.2, 0.25) is 0 Å². The van der Waals surface area contributed by atoms with Crippen molar-refractivity contribution in [1.29, 1.82) is 0 Å². The van der Waals surface area contributed by atoms with E-state index in [0.29, 0.717) is 11.4 Å². The fourth-order valence-corrected chi connectivity index (χ4v) is 4.32. The quantitative estimate of drug-likeness (QED) is 0.621. The number of rotatable bonds is 4. The second-order valence-electron chi connectivity index (χ2n) is 6.45. The fourth-order valence-electron chi connectivity index (χ4n) is 3.16. The van der Waals surface area contributed by atoms with Gasteiger partial charge in [0.25, 0.3) is 0 Å². The molecule has 0 radical (unpaired) electrons. The van der Waals surface area contributed by atoms with Crippen molar-refractivity contribution in [3.05, 3.63) is 90.2 Å². The number of benzene rings is 3. The second kappa shape index (κ2) is 8.36. The van der Waals surface area contributed by atoms with Gasteiger partial charge in [-0.3, -0.25) is 9.69 Å². The van der Waals surface area contributed by atoms with Crippen molar-refractivity contribution < 1.29 is 14.0 Å². The monoisotopic (exact) mass is 407 g/mol. The zero-order chi connectivity index (χ0) is 20.2. The number of hydrogen-bond donors (Lipinski definition) is 2. The van der Waals surface area contributed by atoms with Gasteiger partial charge >= 0.3 is 6.03 Å². The molecule has 1 unspecified atom stereocenters. The minimum absolute atomic E-state index is 0.148. The van der Waals surface area contributed by atoms with Crippen LogP contribution in [-0.2, 0) is 4.79 Å². The summed E-state index contributed by atoms with van der Waals surface area (Å²) in [5.74, 6) is -0.319. The van der Waals surface area contributed by atoms with Gasteiger partial charge in [-0.2, -0.15) is 0 Å².